The predicted molar refractivity (Wildman–Crippen MR) is 137 cm³/mol. The molecule has 196 valence electrons. The Morgan fingerprint density at radius 2 is 1.81 bits per heavy atom. The standard InChI is InChI=1S/C29H38O7/c1-21-8-5-6-9-23-10-7-11-26(33-4)28(23)29(30)36-25(18-27(21)35-20-31-2)16-17-34-19-22-12-14-24(32-3)15-13-22/h5-7,10-15,21,25,27H,8-9,16-20H2,1-4H3/b6-5+. The summed E-state index contributed by atoms with van der Waals surface area (Å²) in [6.45, 7) is 3.23. The number of esters is 1. The first-order valence-electron chi connectivity index (χ1n) is 12.4. The van der Waals surface area contributed by atoms with E-state index in [1.54, 1.807) is 27.4 Å². The SMILES string of the molecule is COCOC1CC(CCOCc2ccc(OC)cc2)OC(=O)c2c(cccc2OC)C/C=C/CC1C. The van der Waals surface area contributed by atoms with Crippen molar-refractivity contribution in [1.29, 1.82) is 0 Å². The zero-order valence-corrected chi connectivity index (χ0v) is 21.7. The van der Waals surface area contributed by atoms with E-state index in [0.717, 1.165) is 23.3 Å². The van der Waals surface area contributed by atoms with Crippen molar-refractivity contribution in [3.05, 3.63) is 71.3 Å². The van der Waals surface area contributed by atoms with Gasteiger partial charge in [-0.25, -0.2) is 4.79 Å². The molecule has 3 atom stereocenters. The van der Waals surface area contributed by atoms with Crippen LogP contribution in [0.25, 0.3) is 0 Å². The minimum Gasteiger partial charge on any atom is -0.497 e. The lowest BCUT2D eigenvalue weighted by Crippen LogP contribution is -2.32. The maximum atomic E-state index is 13.4. The number of ether oxygens (including phenoxy) is 6. The van der Waals surface area contributed by atoms with Crippen molar-refractivity contribution in [2.75, 3.05) is 34.7 Å². The number of carbonyl (C=O) groups is 1. The monoisotopic (exact) mass is 498 g/mol. The molecule has 0 N–H and O–H groups in total. The van der Waals surface area contributed by atoms with Crippen molar-refractivity contribution in [3.63, 3.8) is 0 Å². The number of rotatable bonds is 10. The highest BCUT2D eigenvalue weighted by Crippen LogP contribution is 2.28. The second kappa shape index (κ2) is 14.6. The summed E-state index contributed by atoms with van der Waals surface area (Å²) >= 11 is 0. The molecule has 2 aromatic carbocycles. The Balaban J connectivity index is 1.75. The Bertz CT molecular complexity index is 970. The highest BCUT2D eigenvalue weighted by atomic mass is 16.7. The van der Waals surface area contributed by atoms with E-state index in [1.807, 2.05) is 36.4 Å². The van der Waals surface area contributed by atoms with Crippen molar-refractivity contribution in [2.45, 2.75) is 51.4 Å². The van der Waals surface area contributed by atoms with Crippen LogP contribution in [0.4, 0.5) is 0 Å². The van der Waals surface area contributed by atoms with Gasteiger partial charge in [-0.05, 0) is 48.1 Å². The first-order chi connectivity index (χ1) is 17.5. The van der Waals surface area contributed by atoms with Gasteiger partial charge in [-0.1, -0.05) is 43.3 Å². The van der Waals surface area contributed by atoms with Gasteiger partial charge >= 0.3 is 5.97 Å². The Labute approximate surface area is 214 Å². The van der Waals surface area contributed by atoms with Crippen molar-refractivity contribution in [3.8, 4) is 11.5 Å². The van der Waals surface area contributed by atoms with E-state index in [1.165, 1.54) is 0 Å². The lowest BCUT2D eigenvalue weighted by atomic mass is 9.93. The van der Waals surface area contributed by atoms with Gasteiger partial charge in [-0.3, -0.25) is 0 Å². The van der Waals surface area contributed by atoms with E-state index in [9.17, 15) is 4.79 Å². The molecule has 0 spiro atoms. The largest absolute Gasteiger partial charge is 0.497 e. The third-order valence-electron chi connectivity index (χ3n) is 6.36. The van der Waals surface area contributed by atoms with Crippen LogP contribution in [0.5, 0.6) is 11.5 Å². The number of hydrogen-bond donors (Lipinski definition) is 0. The number of allylic oxidation sites excluding steroid dienone is 2. The van der Waals surface area contributed by atoms with E-state index < -0.39 is 5.97 Å². The minimum absolute atomic E-state index is 0.134. The predicted octanol–water partition coefficient (Wildman–Crippen LogP) is 5.35. The molecule has 1 heterocycles. The number of cyclic esters (lactones) is 1. The van der Waals surface area contributed by atoms with Gasteiger partial charge in [0.05, 0.1) is 33.5 Å². The fourth-order valence-electron chi connectivity index (χ4n) is 4.26. The topological polar surface area (TPSA) is 72.5 Å². The number of benzene rings is 2. The number of hydrogen-bond acceptors (Lipinski definition) is 7. The Morgan fingerprint density at radius 3 is 2.53 bits per heavy atom. The van der Waals surface area contributed by atoms with Gasteiger partial charge < -0.3 is 28.4 Å². The van der Waals surface area contributed by atoms with E-state index in [-0.39, 0.29) is 24.9 Å². The van der Waals surface area contributed by atoms with E-state index in [0.29, 0.717) is 43.8 Å². The number of fused-ring (bicyclic) bond motifs is 1. The van der Waals surface area contributed by atoms with Gasteiger partial charge in [-0.15, -0.1) is 0 Å². The van der Waals surface area contributed by atoms with Crippen LogP contribution in [-0.2, 0) is 32.0 Å². The molecule has 1 aliphatic heterocycles. The molecule has 0 amide bonds. The molecule has 0 aliphatic carbocycles. The van der Waals surface area contributed by atoms with Crippen LogP contribution in [0, 0.1) is 5.92 Å². The average molecular weight is 499 g/mol. The van der Waals surface area contributed by atoms with Crippen LogP contribution in [0.1, 0.15) is 47.7 Å². The van der Waals surface area contributed by atoms with E-state index in [2.05, 4.69) is 19.1 Å². The molecule has 7 nitrogen and oxygen atoms in total. The van der Waals surface area contributed by atoms with Gasteiger partial charge in [0, 0.05) is 20.0 Å². The van der Waals surface area contributed by atoms with Crippen molar-refractivity contribution in [1.82, 2.24) is 0 Å². The summed E-state index contributed by atoms with van der Waals surface area (Å²) in [7, 11) is 4.81. The van der Waals surface area contributed by atoms with Crippen LogP contribution in [0.2, 0.25) is 0 Å². The molecular weight excluding hydrogens is 460 g/mol. The van der Waals surface area contributed by atoms with Crippen molar-refractivity contribution < 1.29 is 33.2 Å². The lowest BCUT2D eigenvalue weighted by Gasteiger charge is -2.28. The summed E-state index contributed by atoms with van der Waals surface area (Å²) < 4.78 is 33.9. The summed E-state index contributed by atoms with van der Waals surface area (Å²) in [6, 6.07) is 13.4. The highest BCUT2D eigenvalue weighted by molar-refractivity contribution is 5.94. The van der Waals surface area contributed by atoms with Crippen molar-refractivity contribution >= 4 is 5.97 Å². The summed E-state index contributed by atoms with van der Waals surface area (Å²) in [5, 5.41) is 0. The van der Waals surface area contributed by atoms with Crippen LogP contribution < -0.4 is 9.47 Å². The third kappa shape index (κ3) is 8.08. The Morgan fingerprint density at radius 1 is 1.00 bits per heavy atom. The first-order valence-corrected chi connectivity index (χ1v) is 12.4. The summed E-state index contributed by atoms with van der Waals surface area (Å²) in [4.78, 5) is 13.4. The summed E-state index contributed by atoms with van der Waals surface area (Å²) in [5.41, 5.74) is 2.40. The van der Waals surface area contributed by atoms with E-state index >= 15 is 0 Å². The highest BCUT2D eigenvalue weighted by Gasteiger charge is 2.28. The molecule has 0 saturated carbocycles. The van der Waals surface area contributed by atoms with Crippen LogP contribution in [0.3, 0.4) is 0 Å². The fourth-order valence-corrected chi connectivity index (χ4v) is 4.26. The fraction of sp³-hybridized carbons (Fsp3) is 0.483. The van der Waals surface area contributed by atoms with Crippen molar-refractivity contribution in [2.24, 2.45) is 5.92 Å². The smallest absolute Gasteiger partial charge is 0.342 e. The Kier molecular flexibility index (Phi) is 11.3. The second-order valence-corrected chi connectivity index (χ2v) is 8.95. The molecule has 0 bridgehead atoms. The molecule has 36 heavy (non-hydrogen) atoms. The quantitative estimate of drug-likeness (QED) is 0.189. The molecule has 0 aromatic heterocycles. The molecule has 1 aliphatic rings. The molecule has 0 fully saturated rings. The normalized spacial score (nSPS) is 21.4. The molecule has 2 aromatic rings. The first kappa shape index (κ1) is 27.7. The van der Waals surface area contributed by atoms with Gasteiger partial charge in [0.2, 0.25) is 0 Å². The third-order valence-corrected chi connectivity index (χ3v) is 6.36. The molecule has 3 unspecified atom stereocenters. The molecule has 0 saturated heterocycles. The van der Waals surface area contributed by atoms with Crippen LogP contribution in [-0.4, -0.2) is 52.9 Å². The Hall–Kier alpha value is -2.87. The summed E-state index contributed by atoms with van der Waals surface area (Å²) in [5.74, 6) is 1.15. The van der Waals surface area contributed by atoms with Gasteiger partial charge in [0.25, 0.3) is 0 Å². The van der Waals surface area contributed by atoms with Gasteiger partial charge in [0.1, 0.15) is 30.0 Å². The molecule has 7 heteroatoms. The number of carbonyl (C=O) groups excluding carboxylic acids is 1. The number of methoxy groups -OCH3 is 3. The maximum absolute atomic E-state index is 13.4. The molecule has 3 rings (SSSR count). The lowest BCUT2D eigenvalue weighted by molar-refractivity contribution is -0.104. The zero-order chi connectivity index (χ0) is 25.8. The minimum atomic E-state index is -0.394. The van der Waals surface area contributed by atoms with Gasteiger partial charge in [0.15, 0.2) is 0 Å². The second-order valence-electron chi connectivity index (χ2n) is 8.95. The molecular formula is C29H38O7. The van der Waals surface area contributed by atoms with Crippen LogP contribution >= 0.6 is 0 Å². The average Bonchev–Trinajstić information content (AvgIpc) is 2.90. The maximum Gasteiger partial charge on any atom is 0.342 e. The van der Waals surface area contributed by atoms with Gasteiger partial charge in [-0.2, -0.15) is 0 Å². The van der Waals surface area contributed by atoms with Crippen LogP contribution in [0.15, 0.2) is 54.6 Å². The summed E-state index contributed by atoms with van der Waals surface area (Å²) in [6.07, 6.45) is 6.26. The molecule has 0 radical (unpaired) electrons. The zero-order valence-electron chi connectivity index (χ0n) is 21.7. The van der Waals surface area contributed by atoms with E-state index in [4.69, 9.17) is 28.4 Å².